The first-order valence-corrected chi connectivity index (χ1v) is 8.41. The monoisotopic (exact) mass is 312 g/mol. The van der Waals surface area contributed by atoms with Gasteiger partial charge < -0.3 is 10.2 Å². The summed E-state index contributed by atoms with van der Waals surface area (Å²) in [5, 5.41) is 19.5. The van der Waals surface area contributed by atoms with E-state index >= 15 is 0 Å². The fourth-order valence-electron chi connectivity index (χ4n) is 4.22. The van der Waals surface area contributed by atoms with Crippen LogP contribution in [0.15, 0.2) is 0 Å². The third-order valence-corrected chi connectivity index (χ3v) is 5.49. The predicted molar refractivity (Wildman–Crippen MR) is 86.7 cm³/mol. The number of carboxylic acid groups (broad SMARTS) is 2. The van der Waals surface area contributed by atoms with Gasteiger partial charge in [-0.2, -0.15) is 0 Å². The van der Waals surface area contributed by atoms with Gasteiger partial charge in [0, 0.05) is 0 Å². The summed E-state index contributed by atoms with van der Waals surface area (Å²) in [5.41, 5.74) is -2.07. The summed E-state index contributed by atoms with van der Waals surface area (Å²) in [6.45, 7) is 10.3. The van der Waals surface area contributed by atoms with Crippen molar-refractivity contribution < 1.29 is 19.8 Å². The van der Waals surface area contributed by atoms with Gasteiger partial charge in [0.15, 0.2) is 0 Å². The molecule has 1 fully saturated rings. The van der Waals surface area contributed by atoms with Crippen molar-refractivity contribution in [2.45, 2.75) is 79.6 Å². The minimum absolute atomic E-state index is 0.207. The molecule has 0 aromatic rings. The molecule has 0 aromatic carbocycles. The van der Waals surface area contributed by atoms with E-state index in [1.807, 2.05) is 0 Å². The number of hydrogen-bond acceptors (Lipinski definition) is 2. The molecule has 0 aromatic heterocycles. The molecular formula is C18H32O4. The van der Waals surface area contributed by atoms with Crippen LogP contribution in [0.5, 0.6) is 0 Å². The zero-order chi connectivity index (χ0) is 17.2. The molecule has 0 bridgehead atoms. The first kappa shape index (κ1) is 19.0. The molecule has 22 heavy (non-hydrogen) atoms. The molecule has 3 unspecified atom stereocenters. The van der Waals surface area contributed by atoms with Gasteiger partial charge in [0.05, 0.1) is 10.8 Å². The number of rotatable bonds is 6. The number of hydrogen-bond donors (Lipinski definition) is 2. The number of aliphatic carboxylic acids is 2. The van der Waals surface area contributed by atoms with E-state index in [0.29, 0.717) is 25.2 Å². The molecule has 2 N–H and O–H groups in total. The lowest BCUT2D eigenvalue weighted by atomic mass is 9.54. The molecule has 1 saturated carbocycles. The maximum Gasteiger partial charge on any atom is 0.310 e. The molecule has 0 aliphatic heterocycles. The zero-order valence-corrected chi connectivity index (χ0v) is 14.7. The molecule has 128 valence electrons. The second-order valence-electron chi connectivity index (χ2n) is 8.64. The Bertz CT molecular complexity index is 423. The Kier molecular flexibility index (Phi) is 5.69. The van der Waals surface area contributed by atoms with Crippen LogP contribution in [0.1, 0.15) is 79.6 Å². The third kappa shape index (κ3) is 3.82. The summed E-state index contributed by atoms with van der Waals surface area (Å²) < 4.78 is 0. The van der Waals surface area contributed by atoms with Crippen LogP contribution in [0.3, 0.4) is 0 Å². The molecule has 1 rings (SSSR count). The molecule has 3 atom stereocenters. The third-order valence-electron chi connectivity index (χ3n) is 5.49. The molecule has 4 nitrogen and oxygen atoms in total. The Morgan fingerprint density at radius 2 is 1.64 bits per heavy atom. The Balaban J connectivity index is 2.96. The van der Waals surface area contributed by atoms with Gasteiger partial charge in [-0.25, -0.2) is 0 Å². The summed E-state index contributed by atoms with van der Waals surface area (Å²) in [4.78, 5) is 23.8. The first-order valence-electron chi connectivity index (χ1n) is 8.41. The van der Waals surface area contributed by atoms with Crippen LogP contribution in [-0.2, 0) is 9.59 Å². The standard InChI is InChI=1S/C18H32O4/c1-13(12-16(2,3)4)8-11-18(15(21)22)10-7-6-9-17(18,5)14(19)20/h13H,6-12H2,1-5H3,(H,19,20)(H,21,22). The summed E-state index contributed by atoms with van der Waals surface area (Å²) in [7, 11) is 0. The minimum Gasteiger partial charge on any atom is -0.481 e. The highest BCUT2D eigenvalue weighted by atomic mass is 16.4. The molecule has 4 heteroatoms. The largest absolute Gasteiger partial charge is 0.481 e. The highest BCUT2D eigenvalue weighted by Crippen LogP contribution is 2.54. The van der Waals surface area contributed by atoms with Crippen LogP contribution >= 0.6 is 0 Å². The fraction of sp³-hybridized carbons (Fsp3) is 0.889. The molecule has 1 aliphatic carbocycles. The van der Waals surface area contributed by atoms with Crippen LogP contribution in [0.4, 0.5) is 0 Å². The van der Waals surface area contributed by atoms with Crippen molar-refractivity contribution in [3.63, 3.8) is 0 Å². The molecule has 0 saturated heterocycles. The lowest BCUT2D eigenvalue weighted by molar-refractivity contribution is -0.179. The average molecular weight is 312 g/mol. The molecule has 1 aliphatic rings. The van der Waals surface area contributed by atoms with E-state index in [1.165, 1.54) is 0 Å². The number of carboxylic acids is 2. The van der Waals surface area contributed by atoms with Crippen molar-refractivity contribution in [1.82, 2.24) is 0 Å². The summed E-state index contributed by atoms with van der Waals surface area (Å²) in [6, 6.07) is 0. The average Bonchev–Trinajstić information content (AvgIpc) is 2.35. The Labute approximate surface area is 134 Å². The van der Waals surface area contributed by atoms with Gasteiger partial charge in [0.2, 0.25) is 0 Å². The van der Waals surface area contributed by atoms with Gasteiger partial charge in [-0.3, -0.25) is 9.59 Å². The highest BCUT2D eigenvalue weighted by molar-refractivity contribution is 5.86. The van der Waals surface area contributed by atoms with Gasteiger partial charge in [-0.1, -0.05) is 40.5 Å². The maximum atomic E-state index is 12.0. The SMILES string of the molecule is CC(CCC1(C(=O)O)CCCCC1(C)C(=O)O)CC(C)(C)C. The highest BCUT2D eigenvalue weighted by Gasteiger charge is 2.59. The predicted octanol–water partition coefficient (Wildman–Crippen LogP) is 4.57. The van der Waals surface area contributed by atoms with Gasteiger partial charge in [-0.15, -0.1) is 0 Å². The topological polar surface area (TPSA) is 74.6 Å². The van der Waals surface area contributed by atoms with E-state index in [1.54, 1.807) is 6.92 Å². The normalized spacial score (nSPS) is 30.8. The van der Waals surface area contributed by atoms with Crippen LogP contribution in [0.25, 0.3) is 0 Å². The van der Waals surface area contributed by atoms with E-state index < -0.39 is 22.8 Å². The smallest absolute Gasteiger partial charge is 0.310 e. The molecule has 0 heterocycles. The molecule has 0 spiro atoms. The quantitative estimate of drug-likeness (QED) is 0.753. The Morgan fingerprint density at radius 3 is 2.09 bits per heavy atom. The lowest BCUT2D eigenvalue weighted by Crippen LogP contribution is -2.53. The van der Waals surface area contributed by atoms with Crippen molar-refractivity contribution in [1.29, 1.82) is 0 Å². The summed E-state index contributed by atoms with van der Waals surface area (Å²) in [5.74, 6) is -1.49. The number of carbonyl (C=O) groups is 2. The summed E-state index contributed by atoms with van der Waals surface area (Å²) in [6.07, 6.45) is 4.80. The van der Waals surface area contributed by atoms with Gasteiger partial charge in [0.25, 0.3) is 0 Å². The van der Waals surface area contributed by atoms with E-state index in [0.717, 1.165) is 25.7 Å². The van der Waals surface area contributed by atoms with Crippen LogP contribution < -0.4 is 0 Å². The van der Waals surface area contributed by atoms with Crippen molar-refractivity contribution in [2.75, 3.05) is 0 Å². The van der Waals surface area contributed by atoms with Gasteiger partial charge in [-0.05, 0) is 50.4 Å². The Morgan fingerprint density at radius 1 is 1.09 bits per heavy atom. The zero-order valence-electron chi connectivity index (χ0n) is 14.7. The van der Waals surface area contributed by atoms with Crippen LogP contribution in [0, 0.1) is 22.2 Å². The van der Waals surface area contributed by atoms with Gasteiger partial charge in [0.1, 0.15) is 0 Å². The molecule has 0 radical (unpaired) electrons. The lowest BCUT2D eigenvalue weighted by Gasteiger charge is -2.47. The van der Waals surface area contributed by atoms with E-state index in [2.05, 4.69) is 27.7 Å². The molecular weight excluding hydrogens is 280 g/mol. The summed E-state index contributed by atoms with van der Waals surface area (Å²) >= 11 is 0. The van der Waals surface area contributed by atoms with Crippen molar-refractivity contribution >= 4 is 11.9 Å². The van der Waals surface area contributed by atoms with E-state index in [4.69, 9.17) is 0 Å². The minimum atomic E-state index is -1.15. The van der Waals surface area contributed by atoms with Crippen LogP contribution in [0.2, 0.25) is 0 Å². The second kappa shape index (κ2) is 6.59. The van der Waals surface area contributed by atoms with Crippen LogP contribution in [-0.4, -0.2) is 22.2 Å². The van der Waals surface area contributed by atoms with Crippen molar-refractivity contribution in [2.24, 2.45) is 22.2 Å². The van der Waals surface area contributed by atoms with Crippen molar-refractivity contribution in [3.05, 3.63) is 0 Å². The van der Waals surface area contributed by atoms with E-state index in [9.17, 15) is 19.8 Å². The fourth-order valence-corrected chi connectivity index (χ4v) is 4.22. The van der Waals surface area contributed by atoms with Crippen molar-refractivity contribution in [3.8, 4) is 0 Å². The Hall–Kier alpha value is -1.06. The maximum absolute atomic E-state index is 12.0. The van der Waals surface area contributed by atoms with Gasteiger partial charge >= 0.3 is 11.9 Å². The van der Waals surface area contributed by atoms with E-state index in [-0.39, 0.29) is 5.41 Å². The molecule has 0 amide bonds. The first-order chi connectivity index (χ1) is 9.94. The second-order valence-corrected chi connectivity index (χ2v) is 8.64.